The number of ether oxygens (including phenoxy) is 4. The molecule has 0 bridgehead atoms. The molecule has 0 aliphatic heterocycles. The number of aliphatic hydroxyl groups is 1. The van der Waals surface area contributed by atoms with Crippen molar-refractivity contribution in [3.8, 4) is 11.5 Å². The number of esters is 1. The predicted octanol–water partition coefficient (Wildman–Crippen LogP) is 8.03. The minimum Gasteiger partial charge on any atom is -0.494 e. The second-order valence-corrected chi connectivity index (χ2v) is 10.2. The zero-order valence-electron chi connectivity index (χ0n) is 25.4. The maximum Gasteiger partial charge on any atom is 0.305 e. The summed E-state index contributed by atoms with van der Waals surface area (Å²) in [6, 6.07) is 5.37. The van der Waals surface area contributed by atoms with Gasteiger partial charge >= 0.3 is 5.97 Å². The van der Waals surface area contributed by atoms with Gasteiger partial charge in [0.1, 0.15) is 11.5 Å². The van der Waals surface area contributed by atoms with Crippen molar-refractivity contribution in [1.29, 1.82) is 0 Å². The van der Waals surface area contributed by atoms with Gasteiger partial charge in [-0.25, -0.2) is 0 Å². The first-order valence-electron chi connectivity index (χ1n) is 15.7. The van der Waals surface area contributed by atoms with Crippen LogP contribution in [0.2, 0.25) is 0 Å². The van der Waals surface area contributed by atoms with Gasteiger partial charge in [-0.05, 0) is 82.4 Å². The van der Waals surface area contributed by atoms with Crippen molar-refractivity contribution >= 4 is 12.4 Å². The van der Waals surface area contributed by atoms with Crippen LogP contribution in [0, 0.1) is 0 Å². The summed E-state index contributed by atoms with van der Waals surface area (Å²) in [6.07, 6.45) is 25.4. The molecule has 232 valence electrons. The maximum absolute atomic E-state index is 12.0. The number of allylic oxidation sites excluding steroid dienone is 4. The van der Waals surface area contributed by atoms with E-state index in [0.29, 0.717) is 56.4 Å². The third-order valence-electron chi connectivity index (χ3n) is 6.59. The molecule has 7 nitrogen and oxygen atoms in total. The van der Waals surface area contributed by atoms with Gasteiger partial charge in [0.2, 0.25) is 0 Å². The minimum atomic E-state index is -0.147. The number of rotatable bonds is 28. The minimum absolute atomic E-state index is 0.119. The van der Waals surface area contributed by atoms with Crippen LogP contribution in [0.1, 0.15) is 115 Å². The fourth-order valence-corrected chi connectivity index (χ4v) is 4.16. The highest BCUT2D eigenvalue weighted by Gasteiger charge is 2.07. The summed E-state index contributed by atoms with van der Waals surface area (Å²) in [5.41, 5.74) is 0.663. The van der Waals surface area contributed by atoms with Crippen molar-refractivity contribution in [1.82, 2.24) is 0 Å². The lowest BCUT2D eigenvalue weighted by Gasteiger charge is -2.13. The Balaban J connectivity index is 1.99. The lowest BCUT2D eigenvalue weighted by atomic mass is 10.1. The highest BCUT2D eigenvalue weighted by atomic mass is 16.5. The second kappa shape index (κ2) is 27.4. The first-order chi connectivity index (χ1) is 20.2. The first-order valence-corrected chi connectivity index (χ1v) is 15.7. The van der Waals surface area contributed by atoms with E-state index in [2.05, 4.69) is 36.0 Å². The molecule has 0 atom stereocenters. The van der Waals surface area contributed by atoms with Crippen molar-refractivity contribution in [2.45, 2.75) is 116 Å². The van der Waals surface area contributed by atoms with Gasteiger partial charge in [-0.1, -0.05) is 63.3 Å². The molecule has 1 rings (SSSR count). The van der Waals surface area contributed by atoms with Crippen molar-refractivity contribution in [2.24, 2.45) is 0 Å². The van der Waals surface area contributed by atoms with Gasteiger partial charge in [-0.3, -0.25) is 9.59 Å². The lowest BCUT2D eigenvalue weighted by Crippen LogP contribution is -2.07. The summed E-state index contributed by atoms with van der Waals surface area (Å²) in [5, 5.41) is 9.67. The van der Waals surface area contributed by atoms with E-state index in [9.17, 15) is 14.7 Å². The van der Waals surface area contributed by atoms with Crippen molar-refractivity contribution in [2.75, 3.05) is 26.4 Å². The lowest BCUT2D eigenvalue weighted by molar-refractivity contribution is -0.144. The Kier molecular flexibility index (Phi) is 24.2. The molecule has 0 aliphatic rings. The Bertz CT molecular complexity index is 834. The van der Waals surface area contributed by atoms with E-state index in [-0.39, 0.29) is 12.6 Å². The molecule has 0 aliphatic carbocycles. The predicted molar refractivity (Wildman–Crippen MR) is 164 cm³/mol. The van der Waals surface area contributed by atoms with Gasteiger partial charge in [-0.15, -0.1) is 0 Å². The number of hydrogen-bond acceptors (Lipinski definition) is 7. The van der Waals surface area contributed by atoms with E-state index in [1.165, 1.54) is 38.5 Å². The Hall–Kier alpha value is -2.80. The molecule has 0 heterocycles. The quantitative estimate of drug-likeness (QED) is 0.0469. The third-order valence-corrected chi connectivity index (χ3v) is 6.59. The van der Waals surface area contributed by atoms with Crippen molar-refractivity contribution in [3.63, 3.8) is 0 Å². The highest BCUT2D eigenvalue weighted by Crippen LogP contribution is 2.25. The third kappa shape index (κ3) is 21.6. The molecular formula is C34H54O7. The van der Waals surface area contributed by atoms with Crippen LogP contribution in [0.4, 0.5) is 0 Å². The van der Waals surface area contributed by atoms with Crippen LogP contribution >= 0.6 is 0 Å². The Morgan fingerprint density at radius 3 is 2.15 bits per heavy atom. The largest absolute Gasteiger partial charge is 0.494 e. The molecule has 0 radical (unpaired) electrons. The molecule has 0 saturated heterocycles. The van der Waals surface area contributed by atoms with E-state index in [1.807, 2.05) is 6.07 Å². The molecule has 0 fully saturated rings. The Labute approximate surface area is 248 Å². The van der Waals surface area contributed by atoms with Crippen LogP contribution in [0.25, 0.3) is 0 Å². The summed E-state index contributed by atoms with van der Waals surface area (Å²) < 4.78 is 21.5. The number of unbranched alkanes of at least 4 members (excludes halogenated alkanes) is 10. The number of benzene rings is 1. The number of carbonyl (C=O) groups is 2. The Morgan fingerprint density at radius 2 is 1.41 bits per heavy atom. The number of aliphatic hydroxyl groups excluding tert-OH is 1. The van der Waals surface area contributed by atoms with Gasteiger partial charge in [-0.2, -0.15) is 0 Å². The van der Waals surface area contributed by atoms with E-state index < -0.39 is 0 Å². The molecule has 41 heavy (non-hydrogen) atoms. The van der Waals surface area contributed by atoms with Crippen molar-refractivity contribution in [3.05, 3.63) is 48.1 Å². The summed E-state index contributed by atoms with van der Waals surface area (Å²) in [7, 11) is 0. The highest BCUT2D eigenvalue weighted by molar-refractivity contribution is 5.69. The molecule has 1 aromatic rings. The molecular weight excluding hydrogens is 520 g/mol. The molecule has 0 unspecified atom stereocenters. The maximum atomic E-state index is 12.0. The van der Waals surface area contributed by atoms with E-state index in [0.717, 1.165) is 57.8 Å². The van der Waals surface area contributed by atoms with Crippen molar-refractivity contribution < 1.29 is 33.6 Å². The summed E-state index contributed by atoms with van der Waals surface area (Å²) in [6.45, 7) is 4.30. The van der Waals surface area contributed by atoms with Gasteiger partial charge in [0.05, 0.1) is 33.0 Å². The first kappa shape index (κ1) is 36.2. The zero-order chi connectivity index (χ0) is 29.6. The SMILES string of the molecule is CCCCC/C=C\C/C=C\CCCCCCCC(=O)OCCCCOc1ccc(OCCCCOC=O)cc1CO. The van der Waals surface area contributed by atoms with Crippen LogP contribution in [-0.4, -0.2) is 44.0 Å². The normalized spacial score (nSPS) is 11.3. The molecule has 0 aromatic heterocycles. The van der Waals surface area contributed by atoms with Crippen LogP contribution in [0.5, 0.6) is 11.5 Å². The Morgan fingerprint density at radius 1 is 0.756 bits per heavy atom. The topological polar surface area (TPSA) is 91.3 Å². The van der Waals surface area contributed by atoms with Gasteiger partial charge in [0.25, 0.3) is 6.47 Å². The second-order valence-electron chi connectivity index (χ2n) is 10.2. The molecule has 0 spiro atoms. The molecule has 1 aromatic carbocycles. The van der Waals surface area contributed by atoms with E-state index >= 15 is 0 Å². The van der Waals surface area contributed by atoms with Crippen LogP contribution in [0.3, 0.4) is 0 Å². The average Bonchev–Trinajstić information content (AvgIpc) is 2.99. The fraction of sp³-hybridized carbons (Fsp3) is 0.647. The number of carbonyl (C=O) groups excluding carboxylic acids is 2. The zero-order valence-corrected chi connectivity index (χ0v) is 25.4. The molecule has 1 N–H and O–H groups in total. The fourth-order valence-electron chi connectivity index (χ4n) is 4.16. The summed E-state index contributed by atoms with van der Waals surface area (Å²) in [4.78, 5) is 22.1. The molecule has 0 saturated carbocycles. The summed E-state index contributed by atoms with van der Waals surface area (Å²) in [5.74, 6) is 1.16. The monoisotopic (exact) mass is 574 g/mol. The van der Waals surface area contributed by atoms with Crippen LogP contribution < -0.4 is 9.47 Å². The van der Waals surface area contributed by atoms with Gasteiger partial charge in [0, 0.05) is 12.0 Å². The van der Waals surface area contributed by atoms with Gasteiger partial charge in [0.15, 0.2) is 0 Å². The number of hydrogen-bond donors (Lipinski definition) is 1. The summed E-state index contributed by atoms with van der Waals surface area (Å²) >= 11 is 0. The van der Waals surface area contributed by atoms with Crippen LogP contribution in [-0.2, 0) is 25.7 Å². The van der Waals surface area contributed by atoms with E-state index in [1.54, 1.807) is 12.1 Å². The smallest absolute Gasteiger partial charge is 0.305 e. The molecule has 0 amide bonds. The average molecular weight is 575 g/mol. The standard InChI is InChI=1S/C34H54O7/c1-2-3-4-5-6-7-8-9-10-11-12-13-14-15-16-21-34(37)41-27-20-19-26-40-33-23-22-32(28-31(33)29-35)39-25-18-17-24-38-30-36/h6-7,9-10,22-23,28,30,35H,2-5,8,11-21,24-27,29H2,1H3/b7-6-,10-9-. The van der Waals surface area contributed by atoms with Crippen LogP contribution in [0.15, 0.2) is 42.5 Å². The van der Waals surface area contributed by atoms with Gasteiger partial charge < -0.3 is 24.1 Å². The van der Waals surface area contributed by atoms with E-state index in [4.69, 9.17) is 14.2 Å². The molecule has 7 heteroatoms.